The Morgan fingerprint density at radius 2 is 2.16 bits per heavy atom. The molecule has 2 rings (SSSR count). The Labute approximate surface area is 114 Å². The van der Waals surface area contributed by atoms with E-state index in [0.717, 1.165) is 19.3 Å². The Morgan fingerprint density at radius 3 is 2.79 bits per heavy atom. The molecule has 2 unspecified atom stereocenters. The summed E-state index contributed by atoms with van der Waals surface area (Å²) in [5.41, 5.74) is 6.18. The van der Waals surface area contributed by atoms with Crippen molar-refractivity contribution in [3.8, 4) is 5.75 Å². The minimum absolute atomic E-state index is 0.0493. The first-order valence-electron chi connectivity index (χ1n) is 6.98. The summed E-state index contributed by atoms with van der Waals surface area (Å²) in [5.74, 6) is 0.342. The second-order valence-electron chi connectivity index (χ2n) is 5.10. The fourth-order valence-corrected chi connectivity index (χ4v) is 3.04. The van der Waals surface area contributed by atoms with E-state index in [4.69, 9.17) is 5.73 Å². The molecular formula is C15H22N2O2. The molecule has 1 saturated carbocycles. The first-order valence-corrected chi connectivity index (χ1v) is 6.98. The summed E-state index contributed by atoms with van der Waals surface area (Å²) in [7, 11) is 0. The number of amides is 1. The smallest absolute Gasteiger partial charge is 0.257 e. The van der Waals surface area contributed by atoms with Gasteiger partial charge in [0.15, 0.2) is 0 Å². The second kappa shape index (κ2) is 6.06. The summed E-state index contributed by atoms with van der Waals surface area (Å²) in [6, 6.07) is 6.93. The topological polar surface area (TPSA) is 66.6 Å². The number of benzene rings is 1. The maximum Gasteiger partial charge on any atom is 0.257 e. The molecule has 0 spiro atoms. The Bertz CT molecular complexity index is 448. The average Bonchev–Trinajstić information content (AvgIpc) is 2.88. The lowest BCUT2D eigenvalue weighted by atomic mass is 10.0. The molecule has 0 aromatic heterocycles. The Hall–Kier alpha value is -1.55. The van der Waals surface area contributed by atoms with E-state index in [1.54, 1.807) is 24.3 Å². The molecule has 1 fully saturated rings. The fourth-order valence-electron chi connectivity index (χ4n) is 3.04. The van der Waals surface area contributed by atoms with Crippen molar-refractivity contribution in [2.75, 3.05) is 13.1 Å². The minimum atomic E-state index is -0.0917. The summed E-state index contributed by atoms with van der Waals surface area (Å²) in [6.07, 6.45) is 3.22. The zero-order valence-corrected chi connectivity index (χ0v) is 11.4. The highest BCUT2D eigenvalue weighted by Gasteiger charge is 2.33. The molecule has 0 aliphatic heterocycles. The van der Waals surface area contributed by atoms with Crippen LogP contribution >= 0.6 is 0 Å². The fraction of sp³-hybridized carbons (Fsp3) is 0.533. The lowest BCUT2D eigenvalue weighted by Gasteiger charge is -2.32. The number of nitrogens with two attached hydrogens (primary N) is 1. The van der Waals surface area contributed by atoms with E-state index in [9.17, 15) is 9.90 Å². The van der Waals surface area contributed by atoms with Crippen LogP contribution in [0.2, 0.25) is 0 Å². The van der Waals surface area contributed by atoms with E-state index < -0.39 is 0 Å². The van der Waals surface area contributed by atoms with E-state index in [1.165, 1.54) is 0 Å². The van der Waals surface area contributed by atoms with Crippen LogP contribution in [0, 0.1) is 5.92 Å². The lowest BCUT2D eigenvalue weighted by molar-refractivity contribution is 0.0649. The van der Waals surface area contributed by atoms with E-state index in [-0.39, 0.29) is 17.7 Å². The highest BCUT2D eigenvalue weighted by molar-refractivity contribution is 5.97. The van der Waals surface area contributed by atoms with Crippen molar-refractivity contribution in [3.05, 3.63) is 29.8 Å². The van der Waals surface area contributed by atoms with Crippen LogP contribution in [0.25, 0.3) is 0 Å². The first kappa shape index (κ1) is 13.9. The van der Waals surface area contributed by atoms with Gasteiger partial charge in [-0.1, -0.05) is 18.6 Å². The van der Waals surface area contributed by atoms with Crippen molar-refractivity contribution in [2.45, 2.75) is 32.2 Å². The largest absolute Gasteiger partial charge is 0.507 e. The van der Waals surface area contributed by atoms with Gasteiger partial charge in [0, 0.05) is 12.6 Å². The Balaban J connectivity index is 2.22. The van der Waals surface area contributed by atoms with E-state index >= 15 is 0 Å². The predicted octanol–water partition coefficient (Wildman–Crippen LogP) is 1.98. The molecule has 1 aliphatic carbocycles. The number of phenolic OH excluding ortho intramolecular Hbond substituents is 1. The van der Waals surface area contributed by atoms with Gasteiger partial charge in [0.05, 0.1) is 5.56 Å². The average molecular weight is 262 g/mol. The van der Waals surface area contributed by atoms with Crippen LogP contribution in [-0.2, 0) is 0 Å². The third kappa shape index (κ3) is 2.73. The van der Waals surface area contributed by atoms with Gasteiger partial charge >= 0.3 is 0 Å². The Kier molecular flexibility index (Phi) is 4.43. The molecule has 3 N–H and O–H groups in total. The molecule has 1 aromatic carbocycles. The summed E-state index contributed by atoms with van der Waals surface area (Å²) in [4.78, 5) is 14.4. The number of hydrogen-bond donors (Lipinski definition) is 2. The molecule has 4 heteroatoms. The van der Waals surface area contributed by atoms with Crippen molar-refractivity contribution in [2.24, 2.45) is 11.7 Å². The second-order valence-corrected chi connectivity index (χ2v) is 5.10. The summed E-state index contributed by atoms with van der Waals surface area (Å²) in [5, 5.41) is 9.82. The van der Waals surface area contributed by atoms with Crippen LogP contribution in [0.4, 0.5) is 0 Å². The van der Waals surface area contributed by atoms with Gasteiger partial charge in [0.2, 0.25) is 0 Å². The van der Waals surface area contributed by atoms with Crippen LogP contribution in [0.5, 0.6) is 5.75 Å². The number of carbonyl (C=O) groups excluding carboxylic acids is 1. The number of aromatic hydroxyl groups is 1. The Morgan fingerprint density at radius 1 is 1.42 bits per heavy atom. The first-order chi connectivity index (χ1) is 9.19. The van der Waals surface area contributed by atoms with Crippen LogP contribution in [0.3, 0.4) is 0 Å². The molecule has 19 heavy (non-hydrogen) atoms. The maximum absolute atomic E-state index is 12.6. The van der Waals surface area contributed by atoms with Gasteiger partial charge in [0.1, 0.15) is 5.75 Å². The third-order valence-electron chi connectivity index (χ3n) is 4.06. The van der Waals surface area contributed by atoms with Crippen molar-refractivity contribution in [3.63, 3.8) is 0 Å². The van der Waals surface area contributed by atoms with Crippen molar-refractivity contribution in [1.29, 1.82) is 0 Å². The molecule has 1 aromatic rings. The van der Waals surface area contributed by atoms with E-state index in [0.29, 0.717) is 24.6 Å². The molecule has 0 radical (unpaired) electrons. The quantitative estimate of drug-likeness (QED) is 0.872. The van der Waals surface area contributed by atoms with Crippen molar-refractivity contribution < 1.29 is 9.90 Å². The van der Waals surface area contributed by atoms with E-state index in [2.05, 4.69) is 0 Å². The standard InChI is InChI=1S/C15H22N2O2/c1-2-17(13-8-5-6-11(13)10-16)15(19)12-7-3-4-9-14(12)18/h3-4,7,9,11,13,18H,2,5-6,8,10,16H2,1H3. The normalized spacial score (nSPS) is 22.4. The molecule has 0 saturated heterocycles. The summed E-state index contributed by atoms with van der Waals surface area (Å²) in [6.45, 7) is 3.24. The number of carbonyl (C=O) groups is 1. The van der Waals surface area contributed by atoms with Gasteiger partial charge in [-0.05, 0) is 44.4 Å². The number of hydrogen-bond acceptors (Lipinski definition) is 3. The molecular weight excluding hydrogens is 240 g/mol. The molecule has 0 bridgehead atoms. The van der Waals surface area contributed by atoms with Crippen LogP contribution in [0.15, 0.2) is 24.3 Å². The van der Waals surface area contributed by atoms with Gasteiger partial charge < -0.3 is 15.7 Å². The van der Waals surface area contributed by atoms with Gasteiger partial charge in [-0.2, -0.15) is 0 Å². The van der Waals surface area contributed by atoms with Gasteiger partial charge in [-0.3, -0.25) is 4.79 Å². The lowest BCUT2D eigenvalue weighted by Crippen LogP contribution is -2.44. The monoisotopic (exact) mass is 262 g/mol. The molecule has 4 nitrogen and oxygen atoms in total. The van der Waals surface area contributed by atoms with Crippen LogP contribution in [0.1, 0.15) is 36.5 Å². The molecule has 0 heterocycles. The van der Waals surface area contributed by atoms with Crippen LogP contribution in [-0.4, -0.2) is 35.0 Å². The van der Waals surface area contributed by atoms with Crippen molar-refractivity contribution in [1.82, 2.24) is 4.90 Å². The number of nitrogens with zero attached hydrogens (tertiary/aromatic N) is 1. The van der Waals surface area contributed by atoms with Crippen LogP contribution < -0.4 is 5.73 Å². The van der Waals surface area contributed by atoms with E-state index in [1.807, 2.05) is 11.8 Å². The summed E-state index contributed by atoms with van der Waals surface area (Å²) >= 11 is 0. The number of rotatable bonds is 4. The summed E-state index contributed by atoms with van der Waals surface area (Å²) < 4.78 is 0. The molecule has 1 aliphatic rings. The number of para-hydroxylation sites is 1. The van der Waals surface area contributed by atoms with Gasteiger partial charge in [0.25, 0.3) is 5.91 Å². The zero-order chi connectivity index (χ0) is 13.8. The molecule has 104 valence electrons. The van der Waals surface area contributed by atoms with Gasteiger partial charge in [-0.25, -0.2) is 0 Å². The third-order valence-corrected chi connectivity index (χ3v) is 4.06. The predicted molar refractivity (Wildman–Crippen MR) is 75.0 cm³/mol. The highest BCUT2D eigenvalue weighted by atomic mass is 16.3. The SMILES string of the molecule is CCN(C(=O)c1ccccc1O)C1CCCC1CN. The molecule has 1 amide bonds. The number of phenols is 1. The zero-order valence-electron chi connectivity index (χ0n) is 11.4. The van der Waals surface area contributed by atoms with Gasteiger partial charge in [-0.15, -0.1) is 0 Å². The highest BCUT2D eigenvalue weighted by Crippen LogP contribution is 2.31. The maximum atomic E-state index is 12.6. The molecule has 2 atom stereocenters. The minimum Gasteiger partial charge on any atom is -0.507 e. The van der Waals surface area contributed by atoms with Crippen molar-refractivity contribution >= 4 is 5.91 Å².